The molecule has 0 aliphatic carbocycles. The van der Waals surface area contributed by atoms with Gasteiger partial charge in [-0.3, -0.25) is 9.69 Å². The number of nitrogens with zero attached hydrogens (tertiary/aromatic N) is 2. The molecule has 0 radical (unpaired) electrons. The highest BCUT2D eigenvalue weighted by Crippen LogP contribution is 2.35. The quantitative estimate of drug-likeness (QED) is 0.371. The molecule has 1 amide bonds. The van der Waals surface area contributed by atoms with Crippen molar-refractivity contribution in [1.82, 2.24) is 4.98 Å². The van der Waals surface area contributed by atoms with Crippen LogP contribution < -0.4 is 9.64 Å². The zero-order valence-electron chi connectivity index (χ0n) is 15.8. The summed E-state index contributed by atoms with van der Waals surface area (Å²) in [5, 5.41) is 1.23. The smallest absolute Gasteiger partial charge is 0.260 e. The van der Waals surface area contributed by atoms with Gasteiger partial charge in [0.05, 0.1) is 17.9 Å². The number of hydrogen-bond acceptors (Lipinski definition) is 4. The van der Waals surface area contributed by atoms with E-state index >= 15 is 0 Å². The number of carbonyl (C=O) groups is 1. The van der Waals surface area contributed by atoms with E-state index in [4.69, 9.17) is 21.3 Å². The number of carbonyl (C=O) groups excluding carboxylic acids is 1. The van der Waals surface area contributed by atoms with Crippen LogP contribution >= 0.6 is 22.9 Å². The monoisotopic (exact) mass is 422 g/mol. The van der Waals surface area contributed by atoms with Crippen molar-refractivity contribution in [1.29, 1.82) is 0 Å². The number of amides is 1. The summed E-state index contributed by atoms with van der Waals surface area (Å²) in [6.07, 6.45) is 0. The highest BCUT2D eigenvalue weighted by atomic mass is 35.5. The second-order valence-electron chi connectivity index (χ2n) is 6.42. The molecule has 0 unspecified atom stereocenters. The summed E-state index contributed by atoms with van der Waals surface area (Å²) < 4.78 is 6.69. The van der Waals surface area contributed by atoms with Gasteiger partial charge in [-0.2, -0.15) is 0 Å². The van der Waals surface area contributed by atoms with Crippen molar-refractivity contribution >= 4 is 44.2 Å². The van der Waals surface area contributed by atoms with Crippen molar-refractivity contribution in [3.05, 3.63) is 88.9 Å². The second-order valence-corrected chi connectivity index (χ2v) is 7.86. The minimum absolute atomic E-state index is 0.123. The average Bonchev–Trinajstić information content (AvgIpc) is 3.18. The van der Waals surface area contributed by atoms with Crippen molar-refractivity contribution < 1.29 is 9.53 Å². The highest BCUT2D eigenvalue weighted by molar-refractivity contribution is 7.22. The van der Waals surface area contributed by atoms with E-state index in [1.54, 1.807) is 29.2 Å². The third-order valence-electron chi connectivity index (χ3n) is 4.42. The second kappa shape index (κ2) is 8.64. The molecule has 0 aliphatic rings. The van der Waals surface area contributed by atoms with Crippen molar-refractivity contribution in [3.8, 4) is 5.75 Å². The fourth-order valence-electron chi connectivity index (χ4n) is 3.04. The molecule has 0 aliphatic heterocycles. The molecule has 1 heterocycles. The first-order chi connectivity index (χ1) is 14.2. The molecule has 146 valence electrons. The molecule has 0 N–H and O–H groups in total. The van der Waals surface area contributed by atoms with E-state index in [0.29, 0.717) is 28.9 Å². The van der Waals surface area contributed by atoms with E-state index in [1.165, 1.54) is 11.3 Å². The SMILES string of the molecule is CCOc1cccc2sc(N(Cc3ccccc3)C(=O)c3ccc(Cl)cc3)nc12. The lowest BCUT2D eigenvalue weighted by molar-refractivity contribution is 0.0985. The fourth-order valence-corrected chi connectivity index (χ4v) is 4.15. The van der Waals surface area contributed by atoms with Crippen LogP contribution in [0.4, 0.5) is 5.13 Å². The molecule has 6 heteroatoms. The Balaban J connectivity index is 1.77. The van der Waals surface area contributed by atoms with Crippen molar-refractivity contribution in [2.45, 2.75) is 13.5 Å². The number of ether oxygens (including phenoxy) is 1. The Labute approximate surface area is 178 Å². The maximum absolute atomic E-state index is 13.4. The van der Waals surface area contributed by atoms with Gasteiger partial charge in [0.2, 0.25) is 0 Å². The predicted octanol–water partition coefficient (Wildman–Crippen LogP) is 6.20. The molecule has 0 atom stereocenters. The van der Waals surface area contributed by atoms with Crippen LogP contribution in [0, 0.1) is 0 Å². The first kappa shape index (κ1) is 19.4. The number of halogens is 1. The minimum Gasteiger partial charge on any atom is -0.492 e. The molecular formula is C23H19ClN2O2S. The molecule has 4 nitrogen and oxygen atoms in total. The van der Waals surface area contributed by atoms with E-state index in [2.05, 4.69) is 0 Å². The summed E-state index contributed by atoms with van der Waals surface area (Å²) in [5.41, 5.74) is 2.37. The summed E-state index contributed by atoms with van der Waals surface area (Å²) in [6, 6.07) is 22.6. The number of rotatable bonds is 6. The fraction of sp³-hybridized carbons (Fsp3) is 0.130. The maximum atomic E-state index is 13.4. The van der Waals surface area contributed by atoms with E-state index in [9.17, 15) is 4.79 Å². The number of para-hydroxylation sites is 1. The van der Waals surface area contributed by atoms with Gasteiger partial charge in [-0.1, -0.05) is 59.3 Å². The van der Waals surface area contributed by atoms with Gasteiger partial charge in [-0.25, -0.2) is 4.98 Å². The predicted molar refractivity (Wildman–Crippen MR) is 119 cm³/mol. The minimum atomic E-state index is -0.123. The number of aromatic nitrogens is 1. The Morgan fingerprint density at radius 2 is 1.79 bits per heavy atom. The summed E-state index contributed by atoms with van der Waals surface area (Å²) in [6.45, 7) is 2.92. The van der Waals surface area contributed by atoms with Crippen LogP contribution in [0.1, 0.15) is 22.8 Å². The first-order valence-electron chi connectivity index (χ1n) is 9.29. The Bertz CT molecular complexity index is 1130. The number of benzene rings is 3. The number of hydrogen-bond donors (Lipinski definition) is 0. The Morgan fingerprint density at radius 1 is 1.03 bits per heavy atom. The Hall–Kier alpha value is -2.89. The lowest BCUT2D eigenvalue weighted by atomic mass is 10.1. The van der Waals surface area contributed by atoms with E-state index in [1.807, 2.05) is 55.5 Å². The van der Waals surface area contributed by atoms with Gasteiger partial charge in [0, 0.05) is 10.6 Å². The van der Waals surface area contributed by atoms with Crippen LogP contribution in [-0.2, 0) is 6.54 Å². The Kier molecular flexibility index (Phi) is 5.79. The van der Waals surface area contributed by atoms with Crippen molar-refractivity contribution in [3.63, 3.8) is 0 Å². The van der Waals surface area contributed by atoms with Gasteiger partial charge >= 0.3 is 0 Å². The van der Waals surface area contributed by atoms with Crippen LogP contribution in [0.3, 0.4) is 0 Å². The molecule has 4 rings (SSSR count). The maximum Gasteiger partial charge on any atom is 0.260 e. The summed E-state index contributed by atoms with van der Waals surface area (Å²) in [4.78, 5) is 19.8. The lowest BCUT2D eigenvalue weighted by Crippen LogP contribution is -2.30. The van der Waals surface area contributed by atoms with Crippen LogP contribution in [0.5, 0.6) is 5.75 Å². The normalized spacial score (nSPS) is 10.8. The highest BCUT2D eigenvalue weighted by Gasteiger charge is 2.22. The van der Waals surface area contributed by atoms with Gasteiger partial charge in [-0.05, 0) is 48.9 Å². The molecule has 29 heavy (non-hydrogen) atoms. The molecule has 0 bridgehead atoms. The van der Waals surface area contributed by atoms with Crippen LogP contribution in [0.2, 0.25) is 5.02 Å². The largest absolute Gasteiger partial charge is 0.492 e. The zero-order chi connectivity index (χ0) is 20.2. The number of thiazole rings is 1. The van der Waals surface area contributed by atoms with Crippen LogP contribution in [0.15, 0.2) is 72.8 Å². The van der Waals surface area contributed by atoms with E-state index in [-0.39, 0.29) is 5.91 Å². The van der Waals surface area contributed by atoms with Crippen molar-refractivity contribution in [2.75, 3.05) is 11.5 Å². The number of anilines is 1. The average molecular weight is 423 g/mol. The molecule has 3 aromatic carbocycles. The topological polar surface area (TPSA) is 42.4 Å². The molecule has 0 fully saturated rings. The molecule has 1 aromatic heterocycles. The van der Waals surface area contributed by atoms with Crippen LogP contribution in [-0.4, -0.2) is 17.5 Å². The molecular weight excluding hydrogens is 404 g/mol. The molecule has 0 saturated carbocycles. The standard InChI is InChI=1S/C23H19ClN2O2S/c1-2-28-19-9-6-10-20-21(19)25-23(29-20)26(15-16-7-4-3-5-8-16)22(27)17-11-13-18(24)14-12-17/h3-14H,2,15H2,1H3. The zero-order valence-corrected chi connectivity index (χ0v) is 17.4. The molecule has 0 spiro atoms. The van der Waals surface area contributed by atoms with Gasteiger partial charge in [0.15, 0.2) is 5.13 Å². The van der Waals surface area contributed by atoms with Gasteiger partial charge in [0.1, 0.15) is 11.3 Å². The van der Waals surface area contributed by atoms with Gasteiger partial charge in [-0.15, -0.1) is 0 Å². The van der Waals surface area contributed by atoms with Gasteiger partial charge < -0.3 is 4.74 Å². The van der Waals surface area contributed by atoms with Crippen LogP contribution in [0.25, 0.3) is 10.2 Å². The first-order valence-corrected chi connectivity index (χ1v) is 10.5. The molecule has 0 saturated heterocycles. The van der Waals surface area contributed by atoms with E-state index < -0.39 is 0 Å². The molecule has 4 aromatic rings. The summed E-state index contributed by atoms with van der Waals surface area (Å²) in [7, 11) is 0. The van der Waals surface area contributed by atoms with Gasteiger partial charge in [0.25, 0.3) is 5.91 Å². The Morgan fingerprint density at radius 3 is 2.52 bits per heavy atom. The third-order valence-corrected chi connectivity index (χ3v) is 5.72. The number of fused-ring (bicyclic) bond motifs is 1. The van der Waals surface area contributed by atoms with Crippen molar-refractivity contribution in [2.24, 2.45) is 0 Å². The summed E-state index contributed by atoms with van der Waals surface area (Å²) >= 11 is 7.47. The third kappa shape index (κ3) is 4.26. The lowest BCUT2D eigenvalue weighted by Gasteiger charge is -2.20. The van der Waals surface area contributed by atoms with E-state index in [0.717, 1.165) is 21.5 Å². The summed E-state index contributed by atoms with van der Waals surface area (Å²) in [5.74, 6) is 0.605.